The van der Waals surface area contributed by atoms with Gasteiger partial charge < -0.3 is 33.7 Å². The highest BCUT2D eigenvalue weighted by Crippen LogP contribution is 2.15. The average molecular weight is 1820 g/mol. The molecule has 7 rings (SSSR count). The van der Waals surface area contributed by atoms with Crippen molar-refractivity contribution in [3.05, 3.63) is 202 Å². The molecule has 0 saturated heterocycles. The monoisotopic (exact) mass is 1820 g/mol. The first kappa shape index (κ1) is 97.7. The topological polar surface area (TPSA) is 22.7 Å². The predicted octanol–water partition coefficient (Wildman–Crippen LogP) is 15.9. The maximum atomic E-state index is 3.60. The van der Waals surface area contributed by atoms with Crippen molar-refractivity contribution in [1.82, 2.24) is 33.7 Å². The van der Waals surface area contributed by atoms with E-state index in [1.807, 2.05) is 0 Å². The van der Waals surface area contributed by atoms with Crippen molar-refractivity contribution >= 4 is 183 Å². The summed E-state index contributed by atoms with van der Waals surface area (Å²) in [5.41, 5.74) is 12.5. The van der Waals surface area contributed by atoms with Crippen LogP contribution >= 0.6 is 93.0 Å². The normalized spacial score (nSPS) is 11.6. The second-order valence-corrected chi connectivity index (χ2v) is 37.1. The zero-order valence-electron chi connectivity index (χ0n) is 69.9. The molecule has 0 aromatic heterocycles. The van der Waals surface area contributed by atoms with Crippen LogP contribution in [-0.2, 0) is 6.42 Å². The molecule has 0 atom stereocenters. The van der Waals surface area contributed by atoms with Crippen LogP contribution in [0.15, 0.2) is 183 Å². The minimum absolute atomic E-state index is 0.565. The number of halogens is 5. The first-order valence-corrected chi connectivity index (χ1v) is 43.4. The van der Waals surface area contributed by atoms with Gasteiger partial charge in [0.15, 0.2) is 0 Å². The number of nitrogens with zero attached hydrogens (tertiary/aromatic N) is 7. The molecule has 0 amide bonds. The Morgan fingerprint density at radius 1 is 0.240 bits per heavy atom. The molecule has 0 aliphatic rings. The first-order chi connectivity index (χ1) is 48.7. The summed E-state index contributed by atoms with van der Waals surface area (Å²) < 4.78 is 6.13. The summed E-state index contributed by atoms with van der Waals surface area (Å²) in [7, 11) is 7.20. The molecular weight excluding hydrogens is 1690 g/mol. The van der Waals surface area contributed by atoms with Crippen LogP contribution in [0.2, 0.25) is 0 Å². The van der Waals surface area contributed by atoms with Crippen molar-refractivity contribution in [2.24, 2.45) is 0 Å². The SMILES string of the molecule is CC(C)N(Bc1ccc(Br)cc1)C(C)C.CC(C)N(Bc1ccc(Cc2ccc(BN(C(C)C)C(C)C)cc2)cc1)C(C)C.CC(C)N(Bc1ccc(I)cc1)C(C)C.CC(C)N(Bc1cccc(Br)c1)C(C)C.CC(C)N(Bc1cccc(I)c1)C(C)C.CC(C)N(Bc1ccccc1Br)C(C)C. The summed E-state index contributed by atoms with van der Waals surface area (Å²) in [6.07, 6.45) is 0.997. The highest BCUT2D eigenvalue weighted by molar-refractivity contribution is 14.1. The van der Waals surface area contributed by atoms with E-state index in [1.165, 1.54) is 61.0 Å². The smallest absolute Gasteiger partial charge is 0.240 e. The molecule has 0 aliphatic carbocycles. The number of hydrogen-bond donors (Lipinski definition) is 0. The van der Waals surface area contributed by atoms with Crippen molar-refractivity contribution in [3.63, 3.8) is 0 Å². The largest absolute Gasteiger partial charge is 0.337 e. The van der Waals surface area contributed by atoms with E-state index < -0.39 is 0 Å². The average Bonchev–Trinajstić information content (AvgIpc) is 0.876. The van der Waals surface area contributed by atoms with Gasteiger partial charge in [0.1, 0.15) is 0 Å². The van der Waals surface area contributed by atoms with Crippen LogP contribution in [0.5, 0.6) is 0 Å². The Morgan fingerprint density at radius 2 is 0.500 bits per heavy atom. The lowest BCUT2D eigenvalue weighted by Crippen LogP contribution is -2.45. The Balaban J connectivity index is 0.000000435. The second kappa shape index (κ2) is 52.0. The minimum atomic E-state index is 0.565. The van der Waals surface area contributed by atoms with E-state index in [4.69, 9.17) is 0 Å². The van der Waals surface area contributed by atoms with E-state index in [0.717, 1.165) is 67.3 Å². The number of rotatable bonds is 30. The van der Waals surface area contributed by atoms with Crippen LogP contribution in [0.4, 0.5) is 0 Å². The van der Waals surface area contributed by atoms with Gasteiger partial charge in [0.2, 0.25) is 51.9 Å². The predicted molar refractivity (Wildman–Crippen MR) is 509 cm³/mol. The summed E-state index contributed by atoms with van der Waals surface area (Å²) in [5, 5.41) is 0. The van der Waals surface area contributed by atoms with Crippen molar-refractivity contribution in [2.75, 3.05) is 0 Å². The molecule has 0 spiro atoms. The lowest BCUT2D eigenvalue weighted by Gasteiger charge is -2.30. The number of benzene rings is 7. The fraction of sp³-hybridized carbons (Fsp3) is 0.506. The fourth-order valence-electron chi connectivity index (χ4n) is 13.0. The van der Waals surface area contributed by atoms with E-state index in [0.29, 0.717) is 84.6 Å². The zero-order chi connectivity index (χ0) is 78.7. The highest BCUT2D eigenvalue weighted by Gasteiger charge is 2.22. The molecule has 0 aliphatic heterocycles. The molecule has 7 nitrogen and oxygen atoms in total. The summed E-state index contributed by atoms with van der Waals surface area (Å²) in [6, 6.07) is 69.6. The number of hydrogen-bond acceptors (Lipinski definition) is 7. The van der Waals surface area contributed by atoms with Gasteiger partial charge >= 0.3 is 0 Å². The van der Waals surface area contributed by atoms with Crippen molar-refractivity contribution in [3.8, 4) is 0 Å². The van der Waals surface area contributed by atoms with Gasteiger partial charge in [-0.2, -0.15) is 0 Å². The van der Waals surface area contributed by atoms with Gasteiger partial charge in [0, 0.05) is 20.6 Å². The summed E-state index contributed by atoms with van der Waals surface area (Å²) >= 11 is 15.3. The first-order valence-electron chi connectivity index (χ1n) is 38.9. The van der Waals surface area contributed by atoms with Gasteiger partial charge in [0.25, 0.3) is 0 Å². The van der Waals surface area contributed by atoms with Crippen LogP contribution < -0.4 is 38.2 Å². The molecule has 19 heteroatoms. The lowest BCUT2D eigenvalue weighted by molar-refractivity contribution is 0.315. The third-order valence-electron chi connectivity index (χ3n) is 18.8. The van der Waals surface area contributed by atoms with E-state index in [2.05, 4.69) is 490 Å². The molecule has 0 N–H and O–H groups in total. The molecular formula is C85H135B7Br3I2N7. The van der Waals surface area contributed by atoms with Crippen LogP contribution in [0.25, 0.3) is 0 Å². The van der Waals surface area contributed by atoms with Crippen molar-refractivity contribution in [2.45, 2.75) is 285 Å². The van der Waals surface area contributed by atoms with E-state index in [1.54, 1.807) is 0 Å². The molecule has 0 heterocycles. The molecule has 0 bridgehead atoms. The van der Waals surface area contributed by atoms with Crippen molar-refractivity contribution < 1.29 is 0 Å². The molecule has 7 aromatic carbocycles. The molecule has 104 heavy (non-hydrogen) atoms. The van der Waals surface area contributed by atoms with Gasteiger partial charge in [-0.25, -0.2) is 0 Å². The third-order valence-corrected chi connectivity index (χ3v) is 22.0. The Morgan fingerprint density at radius 3 is 0.788 bits per heavy atom. The maximum Gasteiger partial charge on any atom is 0.240 e. The van der Waals surface area contributed by atoms with Crippen molar-refractivity contribution in [1.29, 1.82) is 0 Å². The standard InChI is InChI=1S/C25H40B2N2.3C12H19BBrN.2C12H19BIN/c1-18(2)28(19(3)4)26-24-13-9-22(10-14-24)17-23-11-15-25(16-12-23)27-29(20(5)6)21(7)8;1-9(2)15(10(3)4)13-11-5-7-12(14)8-6-11;1-9(2)15(10(3)4)13-11-6-5-7-12(14)8-11;1-9(2)15(10(3)4)13-11-7-5-6-8-12(11)14;1-9(2)15(10(3)4)13-11-5-7-12(14)8-6-11;1-9(2)15(10(3)4)13-11-6-5-7-12(14)8-11/h9-16,18-21,26-27H,17H2,1-8H3;5*5-10,13H,1-4H3. The van der Waals surface area contributed by atoms with Crippen LogP contribution in [0.3, 0.4) is 0 Å². The van der Waals surface area contributed by atoms with Crippen LogP contribution in [0, 0.1) is 7.14 Å². The van der Waals surface area contributed by atoms with Gasteiger partial charge in [-0.3, -0.25) is 0 Å². The van der Waals surface area contributed by atoms with Gasteiger partial charge in [0.05, 0.1) is 0 Å². The second-order valence-electron chi connectivity index (χ2n) is 31.9. The Bertz CT molecular complexity index is 3130. The van der Waals surface area contributed by atoms with Gasteiger partial charge in [-0.1, -0.05) is 407 Å². The van der Waals surface area contributed by atoms with Crippen LogP contribution in [0.1, 0.15) is 205 Å². The molecule has 0 radical (unpaired) electrons. The quantitative estimate of drug-likeness (QED) is 0.0326. The Labute approximate surface area is 696 Å². The maximum absolute atomic E-state index is 3.60. The molecule has 7 aromatic rings. The fourth-order valence-corrected chi connectivity index (χ4v) is 15.1. The van der Waals surface area contributed by atoms with Crippen LogP contribution in [-0.4, -0.2) is 170 Å². The van der Waals surface area contributed by atoms with E-state index in [-0.39, 0.29) is 0 Å². The molecule has 0 fully saturated rings. The highest BCUT2D eigenvalue weighted by atomic mass is 127. The summed E-state index contributed by atoms with van der Waals surface area (Å²) in [4.78, 5) is 17.5. The van der Waals surface area contributed by atoms with E-state index >= 15 is 0 Å². The molecule has 0 unspecified atom stereocenters. The summed E-state index contributed by atoms with van der Waals surface area (Å²) in [5.74, 6) is 0. The summed E-state index contributed by atoms with van der Waals surface area (Å²) in [6.45, 7) is 63.3. The van der Waals surface area contributed by atoms with E-state index in [9.17, 15) is 0 Å². The lowest BCUT2D eigenvalue weighted by atomic mass is 9.77. The molecule has 566 valence electrons. The zero-order valence-corrected chi connectivity index (χ0v) is 79.0. The third kappa shape index (κ3) is 39.5. The Kier molecular flexibility index (Phi) is 48.8. The minimum Gasteiger partial charge on any atom is -0.337 e. The van der Waals surface area contributed by atoms with Gasteiger partial charge in [-0.15, -0.1) is 0 Å². The molecule has 0 saturated carbocycles. The Hall–Kier alpha value is -2.39. The van der Waals surface area contributed by atoms with Gasteiger partial charge in [-0.05, 0) is 190 Å².